The molecule has 0 aliphatic heterocycles. The molecule has 4 rings (SSSR count). The maximum Gasteiger partial charge on any atom is 0.416 e. The third-order valence-corrected chi connectivity index (χ3v) is 4.71. The van der Waals surface area contributed by atoms with E-state index in [1.807, 2.05) is 24.3 Å². The summed E-state index contributed by atoms with van der Waals surface area (Å²) < 4.78 is 44.6. The quantitative estimate of drug-likeness (QED) is 0.357. The van der Waals surface area contributed by atoms with E-state index >= 15 is 0 Å². The highest BCUT2D eigenvalue weighted by molar-refractivity contribution is 6.01. The van der Waals surface area contributed by atoms with Crippen LogP contribution < -0.4 is 5.32 Å². The molecule has 0 aliphatic rings. The van der Waals surface area contributed by atoms with Crippen LogP contribution in [0.4, 0.5) is 24.5 Å². The number of alkyl halides is 3. The number of carbonyl (C=O) groups is 1. The summed E-state index contributed by atoms with van der Waals surface area (Å²) >= 11 is 0. The van der Waals surface area contributed by atoms with Gasteiger partial charge in [-0.05, 0) is 61.0 Å². The molecule has 0 unspecified atom stereocenters. The van der Waals surface area contributed by atoms with Crippen molar-refractivity contribution in [3.63, 3.8) is 0 Å². The van der Waals surface area contributed by atoms with Crippen molar-refractivity contribution in [3.8, 4) is 11.1 Å². The molecule has 1 N–H and O–H groups in total. The molecule has 4 nitrogen and oxygen atoms in total. The number of nitrogens with zero attached hydrogens (tertiary/aromatic N) is 1. The Morgan fingerprint density at radius 3 is 2.65 bits per heavy atom. The van der Waals surface area contributed by atoms with Crippen molar-refractivity contribution in [3.05, 3.63) is 84.5 Å². The molecule has 0 saturated carbocycles. The number of hydrogen-bond acceptors (Lipinski definition) is 4. The zero-order chi connectivity index (χ0) is 22.0. The SMILES string of the molecule is CC(=O)/C=C/c1cnc2ccc(-c3ccoc3)cc2c1Nc1cccc(C(F)(F)F)c1. The van der Waals surface area contributed by atoms with Crippen molar-refractivity contribution in [2.24, 2.45) is 0 Å². The number of aromatic nitrogens is 1. The molecule has 156 valence electrons. The van der Waals surface area contributed by atoms with Gasteiger partial charge in [0, 0.05) is 28.4 Å². The summed E-state index contributed by atoms with van der Waals surface area (Å²) in [6.07, 6.45) is 3.27. The van der Waals surface area contributed by atoms with Crippen molar-refractivity contribution in [1.82, 2.24) is 4.98 Å². The predicted octanol–water partition coefficient (Wildman–Crippen LogP) is 6.86. The Morgan fingerprint density at radius 1 is 1.10 bits per heavy atom. The normalized spacial score (nSPS) is 11.9. The van der Waals surface area contributed by atoms with Crippen LogP contribution in [0.25, 0.3) is 28.1 Å². The second-order valence-corrected chi connectivity index (χ2v) is 6.98. The molecule has 4 aromatic rings. The average Bonchev–Trinajstić information content (AvgIpc) is 3.27. The molecule has 2 aromatic heterocycles. The summed E-state index contributed by atoms with van der Waals surface area (Å²) in [4.78, 5) is 15.9. The Balaban J connectivity index is 1.88. The Kier molecular flexibility index (Phi) is 5.33. The highest BCUT2D eigenvalue weighted by Crippen LogP contribution is 2.35. The lowest BCUT2D eigenvalue weighted by molar-refractivity contribution is -0.137. The zero-order valence-electron chi connectivity index (χ0n) is 16.4. The lowest BCUT2D eigenvalue weighted by Crippen LogP contribution is -2.05. The first-order valence-corrected chi connectivity index (χ1v) is 9.39. The van der Waals surface area contributed by atoms with Gasteiger partial charge in [-0.3, -0.25) is 9.78 Å². The molecule has 7 heteroatoms. The van der Waals surface area contributed by atoms with Gasteiger partial charge in [-0.25, -0.2) is 0 Å². The van der Waals surface area contributed by atoms with Crippen molar-refractivity contribution in [2.45, 2.75) is 13.1 Å². The van der Waals surface area contributed by atoms with E-state index in [4.69, 9.17) is 4.42 Å². The van der Waals surface area contributed by atoms with Gasteiger partial charge in [-0.2, -0.15) is 13.2 Å². The first-order chi connectivity index (χ1) is 14.8. The molecule has 0 spiro atoms. The highest BCUT2D eigenvalue weighted by atomic mass is 19.4. The van der Waals surface area contributed by atoms with Crippen molar-refractivity contribution < 1.29 is 22.4 Å². The van der Waals surface area contributed by atoms with Gasteiger partial charge >= 0.3 is 6.18 Å². The number of hydrogen-bond donors (Lipinski definition) is 1. The average molecular weight is 422 g/mol. The first kappa shape index (κ1) is 20.4. The fourth-order valence-electron chi connectivity index (χ4n) is 3.21. The van der Waals surface area contributed by atoms with Gasteiger partial charge in [0.15, 0.2) is 5.78 Å². The summed E-state index contributed by atoms with van der Waals surface area (Å²) in [6, 6.07) is 12.4. The topological polar surface area (TPSA) is 55.1 Å². The maximum absolute atomic E-state index is 13.2. The third kappa shape index (κ3) is 4.50. The van der Waals surface area contributed by atoms with Crippen LogP contribution in [0.2, 0.25) is 0 Å². The molecular formula is C24H17F3N2O2. The van der Waals surface area contributed by atoms with E-state index in [0.29, 0.717) is 22.2 Å². The van der Waals surface area contributed by atoms with Crippen LogP contribution in [-0.4, -0.2) is 10.8 Å². The molecule has 0 radical (unpaired) electrons. The van der Waals surface area contributed by atoms with Crippen LogP contribution in [0.3, 0.4) is 0 Å². The Morgan fingerprint density at radius 2 is 1.94 bits per heavy atom. The number of rotatable bonds is 5. The number of carbonyl (C=O) groups excluding carboxylic acids is 1. The molecule has 0 fully saturated rings. The van der Waals surface area contributed by atoms with Crippen molar-refractivity contribution in [2.75, 3.05) is 5.32 Å². The van der Waals surface area contributed by atoms with Crippen LogP contribution in [0, 0.1) is 0 Å². The van der Waals surface area contributed by atoms with E-state index < -0.39 is 11.7 Å². The van der Waals surface area contributed by atoms with Gasteiger partial charge < -0.3 is 9.73 Å². The lowest BCUT2D eigenvalue weighted by Gasteiger charge is -2.15. The fraction of sp³-hybridized carbons (Fsp3) is 0.0833. The number of fused-ring (bicyclic) bond motifs is 1. The molecule has 0 amide bonds. The summed E-state index contributed by atoms with van der Waals surface area (Å²) in [5.74, 6) is -0.155. The Hall–Kier alpha value is -3.87. The minimum Gasteiger partial charge on any atom is -0.472 e. The van der Waals surface area contributed by atoms with Crippen LogP contribution in [0.15, 0.2) is 77.7 Å². The first-order valence-electron chi connectivity index (χ1n) is 9.39. The fourth-order valence-corrected chi connectivity index (χ4v) is 3.21. The molecular weight excluding hydrogens is 405 g/mol. The second-order valence-electron chi connectivity index (χ2n) is 6.98. The Labute approximate surface area is 176 Å². The van der Waals surface area contributed by atoms with E-state index in [9.17, 15) is 18.0 Å². The van der Waals surface area contributed by atoms with Gasteiger partial charge in [0.2, 0.25) is 0 Å². The number of nitrogens with one attached hydrogen (secondary N) is 1. The van der Waals surface area contributed by atoms with E-state index in [2.05, 4.69) is 10.3 Å². The largest absolute Gasteiger partial charge is 0.472 e. The van der Waals surface area contributed by atoms with Crippen LogP contribution in [0.1, 0.15) is 18.1 Å². The molecule has 0 atom stereocenters. The third-order valence-electron chi connectivity index (χ3n) is 4.71. The molecule has 0 aliphatic carbocycles. The molecule has 0 saturated heterocycles. The number of ketones is 1. The van der Waals surface area contributed by atoms with Gasteiger partial charge in [0.1, 0.15) is 0 Å². The van der Waals surface area contributed by atoms with Crippen LogP contribution >= 0.6 is 0 Å². The van der Waals surface area contributed by atoms with E-state index in [1.54, 1.807) is 30.9 Å². The smallest absolute Gasteiger partial charge is 0.416 e. The van der Waals surface area contributed by atoms with E-state index in [-0.39, 0.29) is 11.5 Å². The minimum atomic E-state index is -4.45. The van der Waals surface area contributed by atoms with E-state index in [0.717, 1.165) is 23.3 Å². The summed E-state index contributed by atoms with van der Waals surface area (Å²) in [6.45, 7) is 1.42. The summed E-state index contributed by atoms with van der Waals surface area (Å²) in [5.41, 5.74) is 3.02. The number of halogens is 3. The van der Waals surface area contributed by atoms with Gasteiger partial charge in [0.05, 0.1) is 29.3 Å². The number of furan rings is 1. The van der Waals surface area contributed by atoms with Gasteiger partial charge in [-0.1, -0.05) is 12.1 Å². The van der Waals surface area contributed by atoms with Crippen molar-refractivity contribution in [1.29, 1.82) is 0 Å². The number of pyridine rings is 1. The Bertz CT molecular complexity index is 1280. The van der Waals surface area contributed by atoms with Crippen molar-refractivity contribution >= 4 is 34.1 Å². The highest BCUT2D eigenvalue weighted by Gasteiger charge is 2.30. The van der Waals surface area contributed by atoms with Crippen LogP contribution in [-0.2, 0) is 11.0 Å². The van der Waals surface area contributed by atoms with Crippen LogP contribution in [0.5, 0.6) is 0 Å². The number of allylic oxidation sites excluding steroid dienone is 1. The number of benzene rings is 2. The summed E-state index contributed by atoms with van der Waals surface area (Å²) in [5, 5.41) is 3.79. The lowest BCUT2D eigenvalue weighted by atomic mass is 10.0. The second kappa shape index (κ2) is 8.10. The van der Waals surface area contributed by atoms with Gasteiger partial charge in [-0.15, -0.1) is 0 Å². The molecule has 31 heavy (non-hydrogen) atoms. The molecule has 2 aromatic carbocycles. The molecule has 0 bridgehead atoms. The summed E-state index contributed by atoms with van der Waals surface area (Å²) in [7, 11) is 0. The number of anilines is 2. The van der Waals surface area contributed by atoms with Gasteiger partial charge in [0.25, 0.3) is 0 Å². The minimum absolute atomic E-state index is 0.155. The molecule has 2 heterocycles. The standard InChI is InChI=1S/C24H17F3N2O2/c1-15(30)5-6-17-13-28-22-8-7-16(18-9-10-31-14-18)11-21(22)23(17)29-20-4-2-3-19(12-20)24(25,26)27/h2-14H,1H3,(H,28,29)/b6-5+. The predicted molar refractivity (Wildman–Crippen MR) is 114 cm³/mol. The van der Waals surface area contributed by atoms with E-state index in [1.165, 1.54) is 19.1 Å². The monoisotopic (exact) mass is 422 g/mol. The zero-order valence-corrected chi connectivity index (χ0v) is 16.4. The maximum atomic E-state index is 13.2.